The largest absolute Gasteiger partial charge is 0.397 e. The van der Waals surface area contributed by atoms with Crippen LogP contribution in [0, 0.1) is 0 Å². The highest BCUT2D eigenvalue weighted by molar-refractivity contribution is 8.00. The van der Waals surface area contributed by atoms with E-state index in [-0.39, 0.29) is 11.2 Å². The van der Waals surface area contributed by atoms with E-state index in [4.69, 9.17) is 5.73 Å². The number of nitrogens with one attached hydrogen (secondary N) is 1. The molecule has 1 aromatic heterocycles. The summed E-state index contributed by atoms with van der Waals surface area (Å²) in [6.07, 6.45) is 3.90. The summed E-state index contributed by atoms with van der Waals surface area (Å²) in [6.45, 7) is 1.87. The van der Waals surface area contributed by atoms with Gasteiger partial charge in [0.15, 0.2) is 0 Å². The second-order valence-corrected chi connectivity index (χ2v) is 5.27. The number of nitrogens with zero attached hydrogens (tertiary/aromatic N) is 1. The normalized spacial score (nSPS) is 16.8. The lowest BCUT2D eigenvalue weighted by molar-refractivity contribution is -0.120. The lowest BCUT2D eigenvalue weighted by Crippen LogP contribution is -2.32. The number of hydrogen-bond acceptors (Lipinski definition) is 4. The van der Waals surface area contributed by atoms with Crippen molar-refractivity contribution < 1.29 is 4.79 Å². The first kappa shape index (κ1) is 11.3. The van der Waals surface area contributed by atoms with Crippen LogP contribution < -0.4 is 11.1 Å². The van der Waals surface area contributed by atoms with Gasteiger partial charge < -0.3 is 11.1 Å². The maximum Gasteiger partial charge on any atom is 0.233 e. The average molecular weight is 237 g/mol. The second kappa shape index (κ2) is 4.74. The van der Waals surface area contributed by atoms with Crippen molar-refractivity contribution in [2.45, 2.75) is 36.1 Å². The SMILES string of the molecule is CC(Sc1ncccc1N)C(=O)NC1CC1. The molecule has 1 aliphatic carbocycles. The molecule has 16 heavy (non-hydrogen) atoms. The maximum atomic E-state index is 11.7. The van der Waals surface area contributed by atoms with Gasteiger partial charge in [-0.3, -0.25) is 4.79 Å². The van der Waals surface area contributed by atoms with E-state index in [2.05, 4.69) is 10.3 Å². The molecular weight excluding hydrogens is 222 g/mol. The van der Waals surface area contributed by atoms with Crippen LogP contribution in [0.1, 0.15) is 19.8 Å². The first-order valence-electron chi connectivity index (χ1n) is 5.34. The van der Waals surface area contributed by atoms with Gasteiger partial charge in [-0.1, -0.05) is 11.8 Å². The van der Waals surface area contributed by atoms with Crippen molar-refractivity contribution >= 4 is 23.4 Å². The Bertz CT molecular complexity index is 393. The fourth-order valence-corrected chi connectivity index (χ4v) is 2.10. The lowest BCUT2D eigenvalue weighted by Gasteiger charge is -2.11. The fraction of sp³-hybridized carbons (Fsp3) is 0.455. The molecule has 1 aliphatic rings. The van der Waals surface area contributed by atoms with Crippen LogP contribution in [0.5, 0.6) is 0 Å². The van der Waals surface area contributed by atoms with Crippen molar-refractivity contribution in [3.63, 3.8) is 0 Å². The van der Waals surface area contributed by atoms with Crippen molar-refractivity contribution in [3.05, 3.63) is 18.3 Å². The molecule has 0 aromatic carbocycles. The highest BCUT2D eigenvalue weighted by atomic mass is 32.2. The van der Waals surface area contributed by atoms with Crippen LogP contribution in [0.4, 0.5) is 5.69 Å². The van der Waals surface area contributed by atoms with Gasteiger partial charge in [0.2, 0.25) is 5.91 Å². The Hall–Kier alpha value is -1.23. The van der Waals surface area contributed by atoms with Gasteiger partial charge in [-0.05, 0) is 31.9 Å². The van der Waals surface area contributed by atoms with Crippen molar-refractivity contribution in [2.75, 3.05) is 5.73 Å². The average Bonchev–Trinajstić information content (AvgIpc) is 3.05. The zero-order valence-electron chi connectivity index (χ0n) is 9.14. The van der Waals surface area contributed by atoms with E-state index in [1.54, 1.807) is 18.3 Å². The van der Waals surface area contributed by atoms with Gasteiger partial charge in [0.05, 0.1) is 10.9 Å². The van der Waals surface area contributed by atoms with Crippen molar-refractivity contribution in [1.29, 1.82) is 0 Å². The number of rotatable bonds is 4. The first-order chi connectivity index (χ1) is 7.66. The third-order valence-electron chi connectivity index (χ3n) is 2.38. The molecule has 2 rings (SSSR count). The van der Waals surface area contributed by atoms with Gasteiger partial charge >= 0.3 is 0 Å². The minimum atomic E-state index is -0.155. The number of aromatic nitrogens is 1. The van der Waals surface area contributed by atoms with E-state index in [0.29, 0.717) is 11.7 Å². The number of carbonyl (C=O) groups excluding carboxylic acids is 1. The molecule has 1 heterocycles. The van der Waals surface area contributed by atoms with Crippen molar-refractivity contribution in [2.24, 2.45) is 0 Å². The van der Waals surface area contributed by atoms with Gasteiger partial charge in [-0.2, -0.15) is 0 Å². The van der Waals surface area contributed by atoms with Gasteiger partial charge in [-0.25, -0.2) is 4.98 Å². The van der Waals surface area contributed by atoms with Crippen LogP contribution in [0.15, 0.2) is 23.4 Å². The summed E-state index contributed by atoms with van der Waals surface area (Å²) in [6, 6.07) is 3.98. The summed E-state index contributed by atoms with van der Waals surface area (Å²) in [5, 5.41) is 3.53. The molecule has 1 atom stereocenters. The van der Waals surface area contributed by atoms with Gasteiger partial charge in [0, 0.05) is 12.2 Å². The third kappa shape index (κ3) is 2.88. The summed E-state index contributed by atoms with van der Waals surface area (Å²) >= 11 is 1.40. The third-order valence-corrected chi connectivity index (χ3v) is 3.51. The Morgan fingerprint density at radius 1 is 1.69 bits per heavy atom. The number of amides is 1. The number of pyridine rings is 1. The predicted molar refractivity (Wildman–Crippen MR) is 65.1 cm³/mol. The highest BCUT2D eigenvalue weighted by Gasteiger charge is 2.26. The van der Waals surface area contributed by atoms with Crippen LogP contribution in [-0.2, 0) is 4.79 Å². The molecule has 0 saturated heterocycles. The molecule has 0 aliphatic heterocycles. The molecule has 86 valence electrons. The van der Waals surface area contributed by atoms with E-state index in [1.165, 1.54) is 11.8 Å². The Morgan fingerprint density at radius 2 is 2.44 bits per heavy atom. The first-order valence-corrected chi connectivity index (χ1v) is 6.22. The number of thioether (sulfide) groups is 1. The van der Waals surface area contributed by atoms with E-state index in [0.717, 1.165) is 17.9 Å². The standard InChI is InChI=1S/C11H15N3OS/c1-7(10(15)14-8-4-5-8)16-11-9(12)3-2-6-13-11/h2-3,6-8H,4-5,12H2,1H3,(H,14,15). The number of nitrogens with two attached hydrogens (primary N) is 1. The zero-order chi connectivity index (χ0) is 11.5. The fourth-order valence-electron chi connectivity index (χ4n) is 1.27. The topological polar surface area (TPSA) is 68.0 Å². The number of hydrogen-bond donors (Lipinski definition) is 2. The number of carbonyl (C=O) groups is 1. The van der Waals surface area contributed by atoms with Gasteiger partial charge in [-0.15, -0.1) is 0 Å². The van der Waals surface area contributed by atoms with Crippen molar-refractivity contribution in [3.8, 4) is 0 Å². The summed E-state index contributed by atoms with van der Waals surface area (Å²) in [5.74, 6) is 0.0672. The monoisotopic (exact) mass is 237 g/mol. The summed E-state index contributed by atoms with van der Waals surface area (Å²) < 4.78 is 0. The second-order valence-electron chi connectivity index (χ2n) is 3.94. The molecule has 1 fully saturated rings. The smallest absolute Gasteiger partial charge is 0.233 e. The minimum absolute atomic E-state index is 0.0672. The molecule has 4 nitrogen and oxygen atoms in total. The van der Waals surface area contributed by atoms with Crippen LogP contribution >= 0.6 is 11.8 Å². The summed E-state index contributed by atoms with van der Waals surface area (Å²) in [4.78, 5) is 15.9. The van der Waals surface area contributed by atoms with Crippen LogP contribution in [0.3, 0.4) is 0 Å². The molecule has 1 saturated carbocycles. The molecule has 1 unspecified atom stereocenters. The van der Waals surface area contributed by atoms with Gasteiger partial charge in [0.1, 0.15) is 5.03 Å². The number of nitrogen functional groups attached to an aromatic ring is 1. The van der Waals surface area contributed by atoms with E-state index in [9.17, 15) is 4.79 Å². The summed E-state index contributed by atoms with van der Waals surface area (Å²) in [7, 11) is 0. The highest BCUT2D eigenvalue weighted by Crippen LogP contribution is 2.27. The lowest BCUT2D eigenvalue weighted by atomic mass is 10.4. The minimum Gasteiger partial charge on any atom is -0.397 e. The van der Waals surface area contributed by atoms with Crippen LogP contribution in [0.25, 0.3) is 0 Å². The molecule has 3 N–H and O–H groups in total. The van der Waals surface area contributed by atoms with Crippen LogP contribution in [-0.4, -0.2) is 22.2 Å². The van der Waals surface area contributed by atoms with Crippen LogP contribution in [0.2, 0.25) is 0 Å². The summed E-state index contributed by atoms with van der Waals surface area (Å²) in [5.41, 5.74) is 6.39. The van der Waals surface area contributed by atoms with E-state index < -0.39 is 0 Å². The molecule has 1 amide bonds. The molecular formula is C11H15N3OS. The molecule has 5 heteroatoms. The predicted octanol–water partition coefficient (Wildman–Crippen LogP) is 1.42. The van der Waals surface area contributed by atoms with E-state index in [1.807, 2.05) is 6.92 Å². The molecule has 0 bridgehead atoms. The Balaban J connectivity index is 1.92. The quantitative estimate of drug-likeness (QED) is 0.777. The van der Waals surface area contributed by atoms with Gasteiger partial charge in [0.25, 0.3) is 0 Å². The number of anilines is 1. The van der Waals surface area contributed by atoms with E-state index >= 15 is 0 Å². The maximum absolute atomic E-state index is 11.7. The molecule has 1 aromatic rings. The Labute approximate surface area is 99.0 Å². The Kier molecular flexibility index (Phi) is 3.33. The zero-order valence-corrected chi connectivity index (χ0v) is 9.96. The molecule has 0 spiro atoms. The van der Waals surface area contributed by atoms with Crippen molar-refractivity contribution in [1.82, 2.24) is 10.3 Å². The Morgan fingerprint density at radius 3 is 3.06 bits per heavy atom. The molecule has 0 radical (unpaired) electrons.